The number of aryl methyl sites for hydroxylation is 1. The van der Waals surface area contributed by atoms with E-state index in [1.54, 1.807) is 18.8 Å². The molecule has 2 N–H and O–H groups in total. The number of fused-ring (bicyclic) bond motifs is 1. The summed E-state index contributed by atoms with van der Waals surface area (Å²) >= 11 is 0. The van der Waals surface area contributed by atoms with Gasteiger partial charge in [-0.25, -0.2) is 9.67 Å². The molecule has 2 aromatic carbocycles. The number of aliphatic hydroxyl groups is 1. The van der Waals surface area contributed by atoms with Crippen LogP contribution in [-0.2, 0) is 7.05 Å². The second-order valence-electron chi connectivity index (χ2n) is 8.05. The fourth-order valence-electron chi connectivity index (χ4n) is 4.28. The highest BCUT2D eigenvalue weighted by Crippen LogP contribution is 2.33. The number of piperidine rings is 1. The van der Waals surface area contributed by atoms with Gasteiger partial charge in [-0.1, -0.05) is 30.3 Å². The number of aliphatic hydroxyl groups excluding tert-OH is 1. The molecule has 0 radical (unpaired) electrons. The number of H-pyrrole nitrogens is 1. The van der Waals surface area contributed by atoms with Gasteiger partial charge in [-0.2, -0.15) is 5.10 Å². The van der Waals surface area contributed by atoms with E-state index in [2.05, 4.69) is 15.0 Å². The molecule has 0 amide bonds. The van der Waals surface area contributed by atoms with Crippen LogP contribution in [0.15, 0.2) is 53.3 Å². The molecule has 0 saturated carbocycles. The Morgan fingerprint density at radius 3 is 2.55 bits per heavy atom. The van der Waals surface area contributed by atoms with Crippen LogP contribution in [0, 0.1) is 0 Å². The minimum absolute atomic E-state index is 0. The Labute approximate surface area is 197 Å². The minimum Gasteiger partial charge on any atom is -0.496 e. The average Bonchev–Trinajstić information content (AvgIpc) is 3.16. The lowest BCUT2D eigenvalue weighted by atomic mass is 10.1. The third-order valence-corrected chi connectivity index (χ3v) is 6.01. The summed E-state index contributed by atoms with van der Waals surface area (Å²) < 4.78 is 7.28. The van der Waals surface area contributed by atoms with Crippen molar-refractivity contribution < 1.29 is 9.84 Å². The molecule has 172 valence electrons. The highest BCUT2D eigenvalue weighted by atomic mass is 35.5. The zero-order valence-corrected chi connectivity index (χ0v) is 19.3. The van der Waals surface area contributed by atoms with Gasteiger partial charge in [-0.15, -0.1) is 12.4 Å². The van der Waals surface area contributed by atoms with E-state index >= 15 is 0 Å². The van der Waals surface area contributed by atoms with Crippen molar-refractivity contribution in [3.63, 3.8) is 0 Å². The molecule has 33 heavy (non-hydrogen) atoms. The van der Waals surface area contributed by atoms with E-state index in [1.165, 1.54) is 0 Å². The van der Waals surface area contributed by atoms with Crippen LogP contribution in [0.1, 0.15) is 12.8 Å². The van der Waals surface area contributed by atoms with Crippen molar-refractivity contribution in [1.82, 2.24) is 19.7 Å². The van der Waals surface area contributed by atoms with E-state index in [9.17, 15) is 9.90 Å². The molecule has 8 nitrogen and oxygen atoms in total. The zero-order valence-electron chi connectivity index (χ0n) is 18.5. The van der Waals surface area contributed by atoms with Crippen LogP contribution in [0.2, 0.25) is 0 Å². The zero-order chi connectivity index (χ0) is 22.2. The number of nitrogens with zero attached hydrogens (tertiary/aromatic N) is 4. The number of rotatable bonds is 4. The SMILES string of the molecule is COc1cc(N2CCC(O)CC2)ccc1-c1nc2c(c(-c3ccccc3)nn2C)c(=O)[nH]1.Cl. The lowest BCUT2D eigenvalue weighted by molar-refractivity contribution is 0.145. The number of hydrogen-bond donors (Lipinski definition) is 2. The molecule has 9 heteroatoms. The summed E-state index contributed by atoms with van der Waals surface area (Å²) in [5.41, 5.74) is 3.47. The van der Waals surface area contributed by atoms with E-state index < -0.39 is 0 Å². The van der Waals surface area contributed by atoms with Crippen molar-refractivity contribution in [3.8, 4) is 28.4 Å². The van der Waals surface area contributed by atoms with Gasteiger partial charge in [0.15, 0.2) is 5.65 Å². The Morgan fingerprint density at radius 2 is 1.85 bits per heavy atom. The number of benzene rings is 2. The molecular weight excluding hydrogens is 442 g/mol. The molecule has 1 aliphatic heterocycles. The van der Waals surface area contributed by atoms with Crippen molar-refractivity contribution >= 4 is 29.1 Å². The summed E-state index contributed by atoms with van der Waals surface area (Å²) in [6, 6.07) is 15.5. The summed E-state index contributed by atoms with van der Waals surface area (Å²) in [6.45, 7) is 1.59. The lowest BCUT2D eigenvalue weighted by Gasteiger charge is -2.31. The normalized spacial score (nSPS) is 14.3. The van der Waals surface area contributed by atoms with E-state index in [-0.39, 0.29) is 24.1 Å². The largest absolute Gasteiger partial charge is 0.496 e. The fraction of sp³-hybridized carbons (Fsp3) is 0.292. The molecular formula is C24H26ClN5O3. The molecule has 0 unspecified atom stereocenters. The Kier molecular flexibility index (Phi) is 6.40. The third-order valence-electron chi connectivity index (χ3n) is 6.01. The molecule has 1 saturated heterocycles. The van der Waals surface area contributed by atoms with Gasteiger partial charge in [-0.3, -0.25) is 4.79 Å². The molecule has 2 aromatic heterocycles. The molecule has 5 rings (SSSR count). The van der Waals surface area contributed by atoms with Crippen LogP contribution in [0.5, 0.6) is 5.75 Å². The maximum atomic E-state index is 13.1. The van der Waals surface area contributed by atoms with Gasteiger partial charge in [-0.05, 0) is 25.0 Å². The molecule has 4 aromatic rings. The average molecular weight is 468 g/mol. The number of anilines is 1. The second-order valence-corrected chi connectivity index (χ2v) is 8.05. The topological polar surface area (TPSA) is 96.3 Å². The van der Waals surface area contributed by atoms with Gasteiger partial charge < -0.3 is 19.7 Å². The van der Waals surface area contributed by atoms with Gasteiger partial charge in [0.1, 0.15) is 22.7 Å². The smallest absolute Gasteiger partial charge is 0.262 e. The summed E-state index contributed by atoms with van der Waals surface area (Å²) in [6.07, 6.45) is 1.27. The fourth-order valence-corrected chi connectivity index (χ4v) is 4.28. The molecule has 1 aliphatic rings. The highest BCUT2D eigenvalue weighted by Gasteiger charge is 2.21. The number of aromatic amines is 1. The van der Waals surface area contributed by atoms with Gasteiger partial charge in [0.05, 0.1) is 18.8 Å². The van der Waals surface area contributed by atoms with Crippen LogP contribution < -0.4 is 15.2 Å². The lowest BCUT2D eigenvalue weighted by Crippen LogP contribution is -2.35. The Bertz CT molecular complexity index is 1330. The standard InChI is InChI=1S/C24H25N5O3.ClH/c1-28-23-20(21(27-28)15-6-4-3-5-7-15)24(31)26-22(25-23)18-9-8-16(14-19(18)32-2)29-12-10-17(30)11-13-29;/h3-9,14,17,30H,10-13H2,1-2H3,(H,25,26,31);1H. The quantitative estimate of drug-likeness (QED) is 0.477. The Balaban J connectivity index is 0.00000259. The van der Waals surface area contributed by atoms with Crippen molar-refractivity contribution in [1.29, 1.82) is 0 Å². The predicted molar refractivity (Wildman–Crippen MR) is 131 cm³/mol. The number of hydrogen-bond acceptors (Lipinski definition) is 6. The van der Waals surface area contributed by atoms with Crippen LogP contribution in [0.3, 0.4) is 0 Å². The predicted octanol–water partition coefficient (Wildman–Crippen LogP) is 3.38. The van der Waals surface area contributed by atoms with Crippen LogP contribution in [0.25, 0.3) is 33.7 Å². The van der Waals surface area contributed by atoms with Crippen molar-refractivity contribution in [2.75, 3.05) is 25.1 Å². The maximum Gasteiger partial charge on any atom is 0.262 e. The third kappa shape index (κ3) is 4.19. The maximum absolute atomic E-state index is 13.1. The number of nitrogens with one attached hydrogen (secondary N) is 1. The first-order valence-corrected chi connectivity index (χ1v) is 10.7. The van der Waals surface area contributed by atoms with Gasteiger partial charge >= 0.3 is 0 Å². The summed E-state index contributed by atoms with van der Waals surface area (Å²) in [5, 5.41) is 14.8. The molecule has 0 atom stereocenters. The van der Waals surface area contributed by atoms with Crippen molar-refractivity contribution in [3.05, 3.63) is 58.9 Å². The monoisotopic (exact) mass is 467 g/mol. The van der Waals surface area contributed by atoms with Gasteiger partial charge in [0.25, 0.3) is 5.56 Å². The van der Waals surface area contributed by atoms with E-state index in [0.29, 0.717) is 33.9 Å². The summed E-state index contributed by atoms with van der Waals surface area (Å²) in [7, 11) is 3.40. The van der Waals surface area contributed by atoms with E-state index in [4.69, 9.17) is 9.72 Å². The summed E-state index contributed by atoms with van der Waals surface area (Å²) in [4.78, 5) is 23.0. The van der Waals surface area contributed by atoms with Gasteiger partial charge in [0, 0.05) is 37.5 Å². The first-order valence-electron chi connectivity index (χ1n) is 10.7. The highest BCUT2D eigenvalue weighted by molar-refractivity contribution is 5.91. The molecule has 3 heterocycles. The second kappa shape index (κ2) is 9.25. The molecule has 0 bridgehead atoms. The van der Waals surface area contributed by atoms with Crippen LogP contribution in [0.4, 0.5) is 5.69 Å². The number of halogens is 1. The minimum atomic E-state index is -0.242. The van der Waals surface area contributed by atoms with Crippen LogP contribution >= 0.6 is 12.4 Å². The van der Waals surface area contributed by atoms with Crippen LogP contribution in [-0.4, -0.2) is 51.2 Å². The number of ether oxygens (including phenoxy) is 1. The molecule has 0 aliphatic carbocycles. The number of aromatic nitrogens is 4. The first-order chi connectivity index (χ1) is 15.5. The molecule has 0 spiro atoms. The van der Waals surface area contributed by atoms with Crippen molar-refractivity contribution in [2.45, 2.75) is 18.9 Å². The van der Waals surface area contributed by atoms with E-state index in [1.807, 2.05) is 48.5 Å². The van der Waals surface area contributed by atoms with Crippen molar-refractivity contribution in [2.24, 2.45) is 7.05 Å². The Hall–Kier alpha value is -3.36. The van der Waals surface area contributed by atoms with E-state index in [0.717, 1.165) is 37.2 Å². The first kappa shape index (κ1) is 22.8. The summed E-state index contributed by atoms with van der Waals surface area (Å²) in [5.74, 6) is 1.06. The Morgan fingerprint density at radius 1 is 1.12 bits per heavy atom. The van der Waals surface area contributed by atoms with Gasteiger partial charge in [0.2, 0.25) is 0 Å². The molecule has 1 fully saturated rings. The number of methoxy groups -OCH3 is 1.